The van der Waals surface area contributed by atoms with Crippen LogP contribution in [0.4, 0.5) is 0 Å². The van der Waals surface area contributed by atoms with Crippen LogP contribution in [0, 0.1) is 17.2 Å². The maximum Gasteiger partial charge on any atom is 0.184 e. The van der Waals surface area contributed by atoms with Crippen LogP contribution in [0.25, 0.3) is 0 Å². The van der Waals surface area contributed by atoms with Crippen molar-refractivity contribution in [2.75, 3.05) is 13.2 Å². The van der Waals surface area contributed by atoms with E-state index in [1.807, 2.05) is 37.3 Å². The zero-order valence-electron chi connectivity index (χ0n) is 13.5. The third-order valence-electron chi connectivity index (χ3n) is 4.84. The molecule has 3 aliphatic rings. The zero-order chi connectivity index (χ0) is 16.5. The highest BCUT2D eigenvalue weighted by atomic mass is 16.7. The van der Waals surface area contributed by atoms with Crippen LogP contribution in [-0.4, -0.2) is 43.9 Å². The lowest BCUT2D eigenvalue weighted by atomic mass is 9.86. The van der Waals surface area contributed by atoms with Gasteiger partial charge in [-0.2, -0.15) is 5.26 Å². The van der Waals surface area contributed by atoms with E-state index < -0.39 is 12.4 Å². The summed E-state index contributed by atoms with van der Waals surface area (Å²) < 4.78 is 29.6. The Hall–Kier alpha value is -1.49. The van der Waals surface area contributed by atoms with Crippen molar-refractivity contribution in [2.24, 2.45) is 5.92 Å². The Morgan fingerprint density at radius 2 is 2.00 bits per heavy atom. The predicted octanol–water partition coefficient (Wildman–Crippen LogP) is 2.16. The van der Waals surface area contributed by atoms with Crippen LogP contribution in [0.5, 0.6) is 0 Å². The molecule has 1 aromatic carbocycles. The highest BCUT2D eigenvalue weighted by molar-refractivity contribution is 5.17. The molecule has 6 heteroatoms. The SMILES string of the molecule is CCO[C@H]1C[C@@H]2[C@H](O1)[C@@H]1O[C@H](c3ccccc3)OC[C@H]1O[C@@H]2C#N. The molecule has 0 spiro atoms. The Morgan fingerprint density at radius 3 is 2.75 bits per heavy atom. The number of rotatable bonds is 3. The summed E-state index contributed by atoms with van der Waals surface area (Å²) in [4.78, 5) is 0. The van der Waals surface area contributed by atoms with Crippen molar-refractivity contribution < 1.29 is 23.7 Å². The lowest BCUT2D eigenvalue weighted by molar-refractivity contribution is -0.317. The number of fused-ring (bicyclic) bond motifs is 3. The summed E-state index contributed by atoms with van der Waals surface area (Å²) in [5.41, 5.74) is 0.967. The van der Waals surface area contributed by atoms with Gasteiger partial charge in [0.1, 0.15) is 18.3 Å². The first-order valence-corrected chi connectivity index (χ1v) is 8.44. The molecule has 7 atom stereocenters. The monoisotopic (exact) mass is 331 g/mol. The van der Waals surface area contributed by atoms with Crippen molar-refractivity contribution in [1.29, 1.82) is 5.26 Å². The van der Waals surface area contributed by atoms with E-state index in [0.29, 0.717) is 19.6 Å². The van der Waals surface area contributed by atoms with Crippen molar-refractivity contribution in [3.8, 4) is 6.07 Å². The lowest BCUT2D eigenvalue weighted by Gasteiger charge is -2.45. The molecule has 0 radical (unpaired) electrons. The van der Waals surface area contributed by atoms with E-state index in [9.17, 15) is 5.26 Å². The first-order valence-electron chi connectivity index (χ1n) is 8.44. The molecule has 24 heavy (non-hydrogen) atoms. The average Bonchev–Trinajstić information content (AvgIpc) is 3.06. The molecule has 0 N–H and O–H groups in total. The van der Waals surface area contributed by atoms with Gasteiger partial charge in [0.25, 0.3) is 0 Å². The minimum atomic E-state index is -0.512. The Kier molecular flexibility index (Phi) is 4.53. The van der Waals surface area contributed by atoms with Gasteiger partial charge in [-0.15, -0.1) is 0 Å². The first kappa shape index (κ1) is 16.0. The molecule has 0 amide bonds. The molecule has 3 fully saturated rings. The smallest absolute Gasteiger partial charge is 0.184 e. The second kappa shape index (κ2) is 6.79. The highest BCUT2D eigenvalue weighted by Crippen LogP contribution is 2.43. The van der Waals surface area contributed by atoms with Crippen molar-refractivity contribution in [2.45, 2.75) is 50.3 Å². The van der Waals surface area contributed by atoms with Gasteiger partial charge in [-0.05, 0) is 6.92 Å². The Labute approximate surface area is 141 Å². The maximum absolute atomic E-state index is 9.42. The quantitative estimate of drug-likeness (QED) is 0.845. The Bertz CT molecular complexity index is 603. The molecule has 128 valence electrons. The minimum Gasteiger partial charge on any atom is -0.354 e. The van der Waals surface area contributed by atoms with E-state index in [1.54, 1.807) is 0 Å². The fraction of sp³-hybridized carbons (Fsp3) is 0.611. The molecular weight excluding hydrogens is 310 g/mol. The fourth-order valence-electron chi connectivity index (χ4n) is 3.75. The molecule has 0 saturated carbocycles. The predicted molar refractivity (Wildman–Crippen MR) is 82.7 cm³/mol. The number of nitrogens with zero attached hydrogens (tertiary/aromatic N) is 1. The van der Waals surface area contributed by atoms with E-state index >= 15 is 0 Å². The van der Waals surface area contributed by atoms with E-state index in [4.69, 9.17) is 23.7 Å². The second-order valence-electron chi connectivity index (χ2n) is 6.29. The average molecular weight is 331 g/mol. The van der Waals surface area contributed by atoms with Crippen LogP contribution in [0.3, 0.4) is 0 Å². The van der Waals surface area contributed by atoms with E-state index in [1.165, 1.54) is 0 Å². The van der Waals surface area contributed by atoms with E-state index in [-0.39, 0.29) is 30.5 Å². The normalized spacial score (nSPS) is 41.2. The van der Waals surface area contributed by atoms with Crippen molar-refractivity contribution in [1.82, 2.24) is 0 Å². The maximum atomic E-state index is 9.42. The van der Waals surface area contributed by atoms with Gasteiger partial charge in [0.2, 0.25) is 0 Å². The Balaban J connectivity index is 1.54. The highest BCUT2D eigenvalue weighted by Gasteiger charge is 2.55. The summed E-state index contributed by atoms with van der Waals surface area (Å²) in [5, 5.41) is 9.42. The summed E-state index contributed by atoms with van der Waals surface area (Å²) in [6.07, 6.45) is -1.36. The lowest BCUT2D eigenvalue weighted by Crippen LogP contribution is -2.57. The van der Waals surface area contributed by atoms with E-state index in [2.05, 4.69) is 6.07 Å². The van der Waals surface area contributed by atoms with Crippen LogP contribution in [0.1, 0.15) is 25.2 Å². The third kappa shape index (κ3) is 2.83. The van der Waals surface area contributed by atoms with Gasteiger partial charge in [0.05, 0.1) is 18.8 Å². The van der Waals surface area contributed by atoms with Gasteiger partial charge in [-0.1, -0.05) is 30.3 Å². The van der Waals surface area contributed by atoms with Crippen molar-refractivity contribution in [3.63, 3.8) is 0 Å². The first-order chi connectivity index (χ1) is 11.8. The van der Waals surface area contributed by atoms with Gasteiger partial charge in [0.15, 0.2) is 12.6 Å². The summed E-state index contributed by atoms with van der Waals surface area (Å²) >= 11 is 0. The van der Waals surface area contributed by atoms with Gasteiger partial charge in [-0.25, -0.2) is 0 Å². The molecular formula is C18H21NO5. The molecule has 1 aromatic rings. The molecule has 0 aliphatic carbocycles. The van der Waals surface area contributed by atoms with Crippen LogP contribution in [0.2, 0.25) is 0 Å². The van der Waals surface area contributed by atoms with Gasteiger partial charge in [-0.3, -0.25) is 0 Å². The number of ether oxygens (including phenoxy) is 5. The molecule has 6 nitrogen and oxygen atoms in total. The van der Waals surface area contributed by atoms with Crippen LogP contribution in [-0.2, 0) is 23.7 Å². The molecule has 4 rings (SSSR count). The van der Waals surface area contributed by atoms with Crippen molar-refractivity contribution >= 4 is 0 Å². The molecule has 3 saturated heterocycles. The summed E-state index contributed by atoms with van der Waals surface area (Å²) in [6, 6.07) is 12.1. The summed E-state index contributed by atoms with van der Waals surface area (Å²) in [6.45, 7) is 2.89. The van der Waals surface area contributed by atoms with Gasteiger partial charge >= 0.3 is 0 Å². The third-order valence-corrected chi connectivity index (χ3v) is 4.84. The largest absolute Gasteiger partial charge is 0.354 e. The standard InChI is InChI=1S/C18H21NO5/c1-2-20-15-8-12-13(9-19)22-14-10-21-18(11-6-4-3-5-7-11)24-17(14)16(12)23-15/h3-7,12-18H,2,8,10H2,1H3/t12-,13+,14+,15+,16-,17+,18+/m0/s1. The Morgan fingerprint density at radius 1 is 1.17 bits per heavy atom. The summed E-state index contributed by atoms with van der Waals surface area (Å²) in [7, 11) is 0. The van der Waals surface area contributed by atoms with Crippen LogP contribution in [0.15, 0.2) is 30.3 Å². The number of hydrogen-bond donors (Lipinski definition) is 0. The topological polar surface area (TPSA) is 69.9 Å². The summed E-state index contributed by atoms with van der Waals surface area (Å²) in [5.74, 6) is -0.0395. The second-order valence-corrected chi connectivity index (χ2v) is 6.29. The van der Waals surface area contributed by atoms with Gasteiger partial charge < -0.3 is 23.7 Å². The minimum absolute atomic E-state index is 0.0395. The van der Waals surface area contributed by atoms with Crippen LogP contribution >= 0.6 is 0 Å². The van der Waals surface area contributed by atoms with Gasteiger partial charge in [0, 0.05) is 24.5 Å². The number of benzene rings is 1. The fourth-order valence-corrected chi connectivity index (χ4v) is 3.75. The number of hydrogen-bond acceptors (Lipinski definition) is 6. The van der Waals surface area contributed by atoms with E-state index in [0.717, 1.165) is 5.56 Å². The molecule has 3 heterocycles. The molecule has 0 bridgehead atoms. The van der Waals surface area contributed by atoms with Crippen molar-refractivity contribution in [3.05, 3.63) is 35.9 Å². The molecule has 0 aromatic heterocycles. The zero-order valence-corrected chi connectivity index (χ0v) is 13.5. The van der Waals surface area contributed by atoms with Crippen LogP contribution < -0.4 is 0 Å². The molecule has 3 aliphatic heterocycles. The molecule has 0 unspecified atom stereocenters. The number of nitriles is 1.